The van der Waals surface area contributed by atoms with Crippen molar-refractivity contribution in [3.8, 4) is 0 Å². The molecule has 0 radical (unpaired) electrons. The van der Waals surface area contributed by atoms with Crippen molar-refractivity contribution < 1.29 is 19.8 Å². The summed E-state index contributed by atoms with van der Waals surface area (Å²) in [6.45, 7) is 3.03. The predicted molar refractivity (Wildman–Crippen MR) is 58.4 cm³/mol. The number of carbonyl (C=O) groups excluding carboxylic acids is 2. The number of amides is 1. The number of aliphatic hydroxyl groups is 2. The third-order valence-corrected chi connectivity index (χ3v) is 2.41. The number of rotatable bonds is 6. The van der Waals surface area contributed by atoms with E-state index in [9.17, 15) is 14.7 Å². The molecule has 5 nitrogen and oxygen atoms in total. The summed E-state index contributed by atoms with van der Waals surface area (Å²) in [4.78, 5) is 21.8. The molecular formula is C9H16BrNO4. The van der Waals surface area contributed by atoms with Gasteiger partial charge in [-0.2, -0.15) is 0 Å². The second kappa shape index (κ2) is 6.19. The Labute approximate surface area is 97.0 Å². The molecule has 88 valence electrons. The molecule has 0 bridgehead atoms. The van der Waals surface area contributed by atoms with Crippen molar-refractivity contribution in [2.45, 2.75) is 26.4 Å². The molecule has 0 aromatic rings. The predicted octanol–water partition coefficient (Wildman–Crippen LogP) is -0.206. The monoisotopic (exact) mass is 281 g/mol. The lowest BCUT2D eigenvalue weighted by atomic mass is 9.87. The summed E-state index contributed by atoms with van der Waals surface area (Å²) in [5.41, 5.74) is -0.886. The number of carbonyl (C=O) groups is 2. The van der Waals surface area contributed by atoms with E-state index in [2.05, 4.69) is 21.2 Å². The highest BCUT2D eigenvalue weighted by Gasteiger charge is 2.32. The Hall–Kier alpha value is -0.460. The first-order valence-electron chi connectivity index (χ1n) is 4.56. The van der Waals surface area contributed by atoms with Gasteiger partial charge in [-0.05, 0) is 15.9 Å². The number of hydrogen-bond donors (Lipinski definition) is 3. The van der Waals surface area contributed by atoms with Crippen molar-refractivity contribution >= 4 is 26.5 Å². The zero-order valence-electron chi connectivity index (χ0n) is 8.79. The summed E-state index contributed by atoms with van der Waals surface area (Å²) in [5.74, 6) is -0.581. The fraction of sp³-hybridized carbons (Fsp3) is 0.778. The van der Waals surface area contributed by atoms with Crippen molar-refractivity contribution in [3.63, 3.8) is 0 Å². The van der Waals surface area contributed by atoms with Crippen LogP contribution in [0, 0.1) is 5.41 Å². The Morgan fingerprint density at radius 1 is 1.47 bits per heavy atom. The zero-order chi connectivity index (χ0) is 12.1. The molecule has 0 unspecified atom stereocenters. The number of nitrogens with one attached hydrogen (secondary N) is 1. The molecule has 0 aromatic heterocycles. The van der Waals surface area contributed by atoms with E-state index in [-0.39, 0.29) is 24.3 Å². The normalized spacial score (nSPS) is 13.4. The van der Waals surface area contributed by atoms with Gasteiger partial charge in [0, 0.05) is 18.4 Å². The fourth-order valence-electron chi connectivity index (χ4n) is 0.822. The molecule has 0 rings (SSSR count). The molecule has 0 aliphatic rings. The van der Waals surface area contributed by atoms with Crippen LogP contribution in [0.5, 0.6) is 0 Å². The van der Waals surface area contributed by atoms with Gasteiger partial charge in [0.25, 0.3) is 0 Å². The van der Waals surface area contributed by atoms with E-state index in [0.29, 0.717) is 0 Å². The van der Waals surface area contributed by atoms with Crippen LogP contribution in [0.2, 0.25) is 0 Å². The van der Waals surface area contributed by atoms with Crippen LogP contribution in [-0.2, 0) is 9.59 Å². The van der Waals surface area contributed by atoms with E-state index in [4.69, 9.17) is 5.11 Å². The highest BCUT2D eigenvalue weighted by atomic mass is 79.9. The van der Waals surface area contributed by atoms with Crippen LogP contribution >= 0.6 is 15.9 Å². The van der Waals surface area contributed by atoms with Gasteiger partial charge in [0.15, 0.2) is 4.69 Å². The van der Waals surface area contributed by atoms with E-state index in [1.165, 1.54) is 0 Å². The van der Waals surface area contributed by atoms with Gasteiger partial charge in [0.1, 0.15) is 6.10 Å². The minimum Gasteiger partial charge on any atom is -0.396 e. The highest BCUT2D eigenvalue weighted by molar-refractivity contribution is 9.18. The maximum Gasteiger partial charge on any atom is 0.249 e. The first-order chi connectivity index (χ1) is 6.81. The summed E-state index contributed by atoms with van der Waals surface area (Å²) in [5, 5.41) is 20.9. The molecule has 0 aliphatic heterocycles. The summed E-state index contributed by atoms with van der Waals surface area (Å²) < 4.78 is -0.210. The first kappa shape index (κ1) is 14.5. The van der Waals surface area contributed by atoms with Crippen LogP contribution < -0.4 is 5.32 Å². The van der Waals surface area contributed by atoms with Crippen LogP contribution in [0.4, 0.5) is 0 Å². The fourth-order valence-corrected chi connectivity index (χ4v) is 1.02. The molecule has 1 amide bonds. The zero-order valence-corrected chi connectivity index (χ0v) is 10.4. The van der Waals surface area contributed by atoms with Gasteiger partial charge >= 0.3 is 0 Å². The van der Waals surface area contributed by atoms with Gasteiger partial charge in [0.2, 0.25) is 5.91 Å². The maximum atomic E-state index is 11.3. The lowest BCUT2D eigenvalue weighted by molar-refractivity contribution is -0.137. The number of hydrogen-bond acceptors (Lipinski definition) is 4. The van der Waals surface area contributed by atoms with E-state index in [1.54, 1.807) is 13.8 Å². The van der Waals surface area contributed by atoms with Crippen molar-refractivity contribution in [3.05, 3.63) is 0 Å². The Balaban J connectivity index is 4.05. The van der Waals surface area contributed by atoms with Gasteiger partial charge in [-0.3, -0.25) is 9.59 Å². The van der Waals surface area contributed by atoms with Gasteiger partial charge in [0.05, 0.1) is 6.61 Å². The maximum absolute atomic E-state index is 11.3. The SMILES string of the molecule is CC(C)(CO)[C@@H](O)C(=O)NCCC(=O)Br. The summed E-state index contributed by atoms with van der Waals surface area (Å²) in [7, 11) is 0. The summed E-state index contributed by atoms with van der Waals surface area (Å²) in [6.07, 6.45) is -1.12. The van der Waals surface area contributed by atoms with Gasteiger partial charge < -0.3 is 15.5 Å². The van der Waals surface area contributed by atoms with E-state index in [1.807, 2.05) is 0 Å². The molecule has 0 saturated carbocycles. The molecule has 0 spiro atoms. The van der Waals surface area contributed by atoms with Crippen molar-refractivity contribution in [2.75, 3.05) is 13.2 Å². The largest absolute Gasteiger partial charge is 0.396 e. The Bertz CT molecular complexity index is 242. The molecule has 0 heterocycles. The molecule has 6 heteroatoms. The van der Waals surface area contributed by atoms with Crippen LogP contribution in [0.1, 0.15) is 20.3 Å². The van der Waals surface area contributed by atoms with E-state index < -0.39 is 17.4 Å². The average molecular weight is 282 g/mol. The van der Waals surface area contributed by atoms with Crippen LogP contribution in [-0.4, -0.2) is 40.1 Å². The lowest BCUT2D eigenvalue weighted by Crippen LogP contribution is -2.45. The quantitative estimate of drug-likeness (QED) is 0.588. The topological polar surface area (TPSA) is 86.6 Å². The van der Waals surface area contributed by atoms with Gasteiger partial charge in [-0.25, -0.2) is 0 Å². The molecule has 15 heavy (non-hydrogen) atoms. The van der Waals surface area contributed by atoms with Gasteiger partial charge in [-0.1, -0.05) is 13.8 Å². The second-order valence-electron chi connectivity index (χ2n) is 3.95. The lowest BCUT2D eigenvalue weighted by Gasteiger charge is -2.26. The number of aliphatic hydroxyl groups excluding tert-OH is 2. The first-order valence-corrected chi connectivity index (χ1v) is 5.35. The summed E-state index contributed by atoms with van der Waals surface area (Å²) in [6, 6.07) is 0. The molecule has 0 fully saturated rings. The molecule has 1 atom stereocenters. The Morgan fingerprint density at radius 3 is 2.40 bits per heavy atom. The number of halogens is 1. The molecule has 0 saturated heterocycles. The van der Waals surface area contributed by atoms with Crippen molar-refractivity contribution in [2.24, 2.45) is 5.41 Å². The molecular weight excluding hydrogens is 266 g/mol. The Kier molecular flexibility index (Phi) is 6.00. The molecule has 3 N–H and O–H groups in total. The third kappa shape index (κ3) is 5.25. The van der Waals surface area contributed by atoms with Crippen LogP contribution in [0.25, 0.3) is 0 Å². The molecule has 0 aromatic carbocycles. The minimum absolute atomic E-state index is 0.165. The van der Waals surface area contributed by atoms with Crippen molar-refractivity contribution in [1.82, 2.24) is 5.32 Å². The average Bonchev–Trinajstić information content (AvgIpc) is 2.15. The Morgan fingerprint density at radius 2 is 2.00 bits per heavy atom. The third-order valence-electron chi connectivity index (χ3n) is 2.02. The highest BCUT2D eigenvalue weighted by Crippen LogP contribution is 2.19. The smallest absolute Gasteiger partial charge is 0.249 e. The van der Waals surface area contributed by atoms with Crippen LogP contribution in [0.3, 0.4) is 0 Å². The minimum atomic E-state index is -1.28. The van der Waals surface area contributed by atoms with E-state index >= 15 is 0 Å². The van der Waals surface area contributed by atoms with Crippen molar-refractivity contribution in [1.29, 1.82) is 0 Å². The van der Waals surface area contributed by atoms with Gasteiger partial charge in [-0.15, -0.1) is 0 Å². The molecule has 0 aliphatic carbocycles. The van der Waals surface area contributed by atoms with Crippen LogP contribution in [0.15, 0.2) is 0 Å². The van der Waals surface area contributed by atoms with E-state index in [0.717, 1.165) is 0 Å². The summed E-state index contributed by atoms with van der Waals surface area (Å²) >= 11 is 2.72. The standard InChI is InChI=1S/C9H16BrNO4/c1-9(2,5-12)7(14)8(15)11-4-3-6(10)13/h7,12,14H,3-5H2,1-2H3,(H,11,15)/t7-/m0/s1. The second-order valence-corrected chi connectivity index (χ2v) is 4.83.